The van der Waals surface area contributed by atoms with Gasteiger partial charge in [0.2, 0.25) is 5.91 Å². The molecule has 25 heavy (non-hydrogen) atoms. The Morgan fingerprint density at radius 1 is 1.04 bits per heavy atom. The molecule has 0 aliphatic carbocycles. The van der Waals surface area contributed by atoms with Gasteiger partial charge in [0.15, 0.2) is 0 Å². The molecular weight excluding hydrogens is 310 g/mol. The maximum absolute atomic E-state index is 10.1. The Morgan fingerprint density at radius 2 is 1.60 bits per heavy atom. The molecule has 4 heteroatoms. The van der Waals surface area contributed by atoms with Gasteiger partial charge in [0.05, 0.1) is 11.4 Å². The van der Waals surface area contributed by atoms with E-state index in [1.54, 1.807) is 14.1 Å². The highest BCUT2D eigenvalue weighted by Crippen LogP contribution is 2.25. The van der Waals surface area contributed by atoms with Crippen LogP contribution in [0.2, 0.25) is 0 Å². The Labute approximate surface area is 150 Å². The fourth-order valence-corrected chi connectivity index (χ4v) is 2.48. The number of amides is 1. The van der Waals surface area contributed by atoms with Gasteiger partial charge in [0.1, 0.15) is 5.65 Å². The van der Waals surface area contributed by atoms with Crippen LogP contribution in [0.15, 0.2) is 42.6 Å². The predicted octanol–water partition coefficient (Wildman–Crippen LogP) is 4.28. The summed E-state index contributed by atoms with van der Waals surface area (Å²) in [6, 6.07) is 12.8. The molecule has 1 amide bonds. The van der Waals surface area contributed by atoms with Crippen LogP contribution in [-0.2, 0) is 11.2 Å². The van der Waals surface area contributed by atoms with Gasteiger partial charge in [-0.2, -0.15) is 0 Å². The maximum atomic E-state index is 10.1. The number of pyridine rings is 1. The van der Waals surface area contributed by atoms with Crippen molar-refractivity contribution in [2.75, 3.05) is 14.1 Å². The number of imidazole rings is 1. The summed E-state index contributed by atoms with van der Waals surface area (Å²) >= 11 is 0. The molecule has 0 aliphatic rings. The van der Waals surface area contributed by atoms with E-state index in [1.165, 1.54) is 34.2 Å². The van der Waals surface area contributed by atoms with Crippen molar-refractivity contribution in [3.63, 3.8) is 0 Å². The van der Waals surface area contributed by atoms with Crippen LogP contribution in [0.3, 0.4) is 0 Å². The lowest BCUT2D eigenvalue weighted by Crippen LogP contribution is -2.17. The Balaban J connectivity index is 0.000000326. The number of carbonyl (C=O) groups is 1. The molecule has 2 aromatic heterocycles. The molecule has 2 heterocycles. The summed E-state index contributed by atoms with van der Waals surface area (Å²) in [5.74, 6) is 0.0926. The number of benzene rings is 1. The van der Waals surface area contributed by atoms with E-state index >= 15 is 0 Å². The second-order valence-corrected chi connectivity index (χ2v) is 6.47. The summed E-state index contributed by atoms with van der Waals surface area (Å²) in [5.41, 5.74) is 7.15. The normalized spacial score (nSPS) is 10.3. The van der Waals surface area contributed by atoms with E-state index in [4.69, 9.17) is 4.98 Å². The minimum atomic E-state index is 0.0926. The number of aryl methyl sites for hydroxylation is 3. The van der Waals surface area contributed by atoms with Crippen molar-refractivity contribution in [2.45, 2.75) is 34.1 Å². The van der Waals surface area contributed by atoms with Crippen LogP contribution in [-0.4, -0.2) is 34.3 Å². The lowest BCUT2D eigenvalue weighted by molar-refractivity contribution is -0.126. The van der Waals surface area contributed by atoms with Gasteiger partial charge in [0.25, 0.3) is 0 Å². The van der Waals surface area contributed by atoms with Crippen LogP contribution in [0, 0.1) is 13.8 Å². The number of carbonyl (C=O) groups excluding carboxylic acids is 1. The first-order valence-electron chi connectivity index (χ1n) is 8.56. The van der Waals surface area contributed by atoms with E-state index in [-0.39, 0.29) is 5.91 Å². The van der Waals surface area contributed by atoms with Gasteiger partial charge in [-0.05, 0) is 31.9 Å². The lowest BCUT2D eigenvalue weighted by atomic mass is 10.1. The van der Waals surface area contributed by atoms with Crippen molar-refractivity contribution < 1.29 is 4.79 Å². The van der Waals surface area contributed by atoms with Crippen LogP contribution < -0.4 is 0 Å². The van der Waals surface area contributed by atoms with Crippen molar-refractivity contribution in [2.24, 2.45) is 0 Å². The molecule has 0 bridgehead atoms. The molecule has 3 rings (SSSR count). The molecule has 3 aromatic rings. The van der Waals surface area contributed by atoms with Gasteiger partial charge in [0, 0.05) is 32.8 Å². The van der Waals surface area contributed by atoms with Crippen LogP contribution >= 0.6 is 0 Å². The third-order valence-corrected chi connectivity index (χ3v) is 4.16. The standard InChI is InChI=1S/C17H18N2.C4H9NO/c1-4-15-17(14-8-5-12(2)6-9-14)18-16-10-7-13(3)11-19(15)16;1-4(6)5(2)3/h5-11H,4H2,1-3H3;1-3H3. The summed E-state index contributed by atoms with van der Waals surface area (Å²) in [6.07, 6.45) is 3.15. The molecule has 0 atom stereocenters. The van der Waals surface area contributed by atoms with E-state index in [0.717, 1.165) is 17.8 Å². The van der Waals surface area contributed by atoms with E-state index in [9.17, 15) is 4.79 Å². The smallest absolute Gasteiger partial charge is 0.218 e. The zero-order chi connectivity index (χ0) is 18.6. The molecule has 0 saturated heterocycles. The predicted molar refractivity (Wildman–Crippen MR) is 104 cm³/mol. The van der Waals surface area contributed by atoms with Gasteiger partial charge in [-0.25, -0.2) is 4.98 Å². The highest BCUT2D eigenvalue weighted by atomic mass is 16.2. The SMILES string of the molecule is CC(=O)N(C)C.CCc1c(-c2ccc(C)cc2)nc2ccc(C)cn12. The summed E-state index contributed by atoms with van der Waals surface area (Å²) in [4.78, 5) is 16.4. The largest absolute Gasteiger partial charge is 0.349 e. The van der Waals surface area contributed by atoms with Gasteiger partial charge < -0.3 is 9.30 Å². The third kappa shape index (κ3) is 4.47. The summed E-state index contributed by atoms with van der Waals surface area (Å²) in [7, 11) is 3.45. The number of fused-ring (bicyclic) bond motifs is 1. The van der Waals surface area contributed by atoms with Crippen molar-refractivity contribution in [1.29, 1.82) is 0 Å². The molecule has 0 unspecified atom stereocenters. The number of hydrogen-bond acceptors (Lipinski definition) is 2. The second-order valence-electron chi connectivity index (χ2n) is 6.47. The zero-order valence-corrected chi connectivity index (χ0v) is 16.0. The Hall–Kier alpha value is -2.62. The van der Waals surface area contributed by atoms with Crippen molar-refractivity contribution in [3.05, 3.63) is 59.4 Å². The zero-order valence-electron chi connectivity index (χ0n) is 16.0. The van der Waals surface area contributed by atoms with E-state index in [2.05, 4.69) is 67.8 Å². The first kappa shape index (κ1) is 18.7. The third-order valence-electron chi connectivity index (χ3n) is 4.16. The van der Waals surface area contributed by atoms with Crippen LogP contribution in [0.5, 0.6) is 0 Å². The number of rotatable bonds is 2. The van der Waals surface area contributed by atoms with Crippen molar-refractivity contribution in [3.8, 4) is 11.3 Å². The summed E-state index contributed by atoms with van der Waals surface area (Å²) in [5, 5.41) is 0. The van der Waals surface area contributed by atoms with Gasteiger partial charge >= 0.3 is 0 Å². The number of aromatic nitrogens is 2. The van der Waals surface area contributed by atoms with E-state index in [0.29, 0.717) is 0 Å². The monoisotopic (exact) mass is 337 g/mol. The molecule has 0 spiro atoms. The maximum Gasteiger partial charge on any atom is 0.218 e. The molecule has 1 aromatic carbocycles. The fraction of sp³-hybridized carbons (Fsp3) is 0.333. The van der Waals surface area contributed by atoms with Crippen molar-refractivity contribution >= 4 is 11.6 Å². The average Bonchev–Trinajstić information content (AvgIpc) is 2.93. The first-order chi connectivity index (χ1) is 11.8. The summed E-state index contributed by atoms with van der Waals surface area (Å²) < 4.78 is 2.21. The number of hydrogen-bond donors (Lipinski definition) is 0. The molecule has 0 saturated carbocycles. The Bertz CT molecular complexity index is 861. The minimum Gasteiger partial charge on any atom is -0.349 e. The van der Waals surface area contributed by atoms with Gasteiger partial charge in [-0.15, -0.1) is 0 Å². The Morgan fingerprint density at radius 3 is 2.12 bits per heavy atom. The molecule has 4 nitrogen and oxygen atoms in total. The van der Waals surface area contributed by atoms with E-state index in [1.807, 2.05) is 0 Å². The van der Waals surface area contributed by atoms with Gasteiger partial charge in [-0.1, -0.05) is 42.8 Å². The molecule has 0 radical (unpaired) electrons. The number of nitrogens with zero attached hydrogens (tertiary/aromatic N) is 3. The minimum absolute atomic E-state index is 0.0926. The molecule has 132 valence electrons. The van der Waals surface area contributed by atoms with E-state index < -0.39 is 0 Å². The molecule has 0 aliphatic heterocycles. The highest BCUT2D eigenvalue weighted by molar-refractivity contribution is 5.72. The van der Waals surface area contributed by atoms with Crippen LogP contribution in [0.4, 0.5) is 0 Å². The highest BCUT2D eigenvalue weighted by Gasteiger charge is 2.12. The first-order valence-corrected chi connectivity index (χ1v) is 8.56. The fourth-order valence-electron chi connectivity index (χ4n) is 2.48. The summed E-state index contributed by atoms with van der Waals surface area (Å²) in [6.45, 7) is 7.94. The lowest BCUT2D eigenvalue weighted by Gasteiger charge is -2.03. The topological polar surface area (TPSA) is 37.6 Å². The second kappa shape index (κ2) is 7.97. The molecule has 0 N–H and O–H groups in total. The molecule has 0 fully saturated rings. The van der Waals surface area contributed by atoms with Crippen molar-refractivity contribution in [1.82, 2.24) is 14.3 Å². The van der Waals surface area contributed by atoms with Crippen LogP contribution in [0.25, 0.3) is 16.9 Å². The average molecular weight is 337 g/mol. The quantitative estimate of drug-likeness (QED) is 0.700. The Kier molecular flexibility index (Phi) is 5.97. The van der Waals surface area contributed by atoms with Crippen LogP contribution in [0.1, 0.15) is 30.7 Å². The van der Waals surface area contributed by atoms with Gasteiger partial charge in [-0.3, -0.25) is 4.79 Å². The molecular formula is C21H27N3O.